The number of aromatic nitrogens is 2. The number of carbonyl (C=O) groups excluding carboxylic acids is 2. The van der Waals surface area contributed by atoms with E-state index in [-0.39, 0.29) is 17.3 Å². The predicted octanol–water partition coefficient (Wildman–Crippen LogP) is 3.66. The van der Waals surface area contributed by atoms with Crippen LogP contribution < -0.4 is 5.32 Å². The first-order chi connectivity index (χ1) is 15.3. The van der Waals surface area contributed by atoms with Crippen LogP contribution in [0.3, 0.4) is 0 Å². The molecule has 1 amide bonds. The SMILES string of the molecule is Cc1ccc(C(=O)NC(C(=O)OCC(O)=C(C#N)c2nc3ccccc3[nH]2)C(C)C)cc1. The van der Waals surface area contributed by atoms with Crippen LogP contribution in [0.15, 0.2) is 54.3 Å². The van der Waals surface area contributed by atoms with Gasteiger partial charge in [0.1, 0.15) is 24.3 Å². The standard InChI is InChI=1S/C24H24N4O4/c1-14(2)21(28-23(30)16-10-8-15(3)9-11-16)24(31)32-13-20(29)17(12-25)22-26-18-6-4-5-7-19(18)27-22/h4-11,14,21,29H,13H2,1-3H3,(H,26,27)(H,28,30). The number of allylic oxidation sites excluding steroid dienone is 1. The molecule has 1 unspecified atom stereocenters. The molecule has 0 saturated heterocycles. The summed E-state index contributed by atoms with van der Waals surface area (Å²) in [5.41, 5.74) is 2.66. The molecule has 2 aromatic carbocycles. The van der Waals surface area contributed by atoms with Crippen LogP contribution >= 0.6 is 0 Å². The number of rotatable bonds is 7. The average Bonchev–Trinajstić information content (AvgIpc) is 3.20. The number of nitrogens with one attached hydrogen (secondary N) is 2. The molecule has 1 atom stereocenters. The monoisotopic (exact) mass is 432 g/mol. The largest absolute Gasteiger partial charge is 0.507 e. The number of nitriles is 1. The third-order valence-electron chi connectivity index (χ3n) is 4.90. The molecule has 3 rings (SSSR count). The minimum Gasteiger partial charge on any atom is -0.507 e. The Morgan fingerprint density at radius 2 is 1.88 bits per heavy atom. The van der Waals surface area contributed by atoms with Crippen LogP contribution in [0.5, 0.6) is 0 Å². The first-order valence-electron chi connectivity index (χ1n) is 10.1. The number of H-pyrrole nitrogens is 1. The number of carbonyl (C=O) groups is 2. The molecular weight excluding hydrogens is 408 g/mol. The lowest BCUT2D eigenvalue weighted by atomic mass is 10.0. The number of hydrogen-bond donors (Lipinski definition) is 3. The number of amides is 1. The van der Waals surface area contributed by atoms with Crippen LogP contribution in [0.4, 0.5) is 0 Å². The maximum atomic E-state index is 12.6. The maximum Gasteiger partial charge on any atom is 0.329 e. The van der Waals surface area contributed by atoms with E-state index in [0.29, 0.717) is 16.6 Å². The number of nitrogens with zero attached hydrogens (tertiary/aromatic N) is 2. The number of para-hydroxylation sites is 2. The summed E-state index contributed by atoms with van der Waals surface area (Å²) in [6.45, 7) is 4.93. The normalized spacial score (nSPS) is 12.7. The van der Waals surface area contributed by atoms with Gasteiger partial charge in [0.05, 0.1) is 11.0 Å². The van der Waals surface area contributed by atoms with Crippen molar-refractivity contribution in [2.24, 2.45) is 5.92 Å². The molecule has 0 aliphatic heterocycles. The molecule has 0 saturated carbocycles. The molecule has 1 heterocycles. The zero-order chi connectivity index (χ0) is 23.3. The number of aliphatic hydroxyl groups excluding tert-OH is 1. The molecule has 3 aromatic rings. The van der Waals surface area contributed by atoms with Crippen LogP contribution in [-0.2, 0) is 9.53 Å². The number of ether oxygens (including phenoxy) is 1. The van der Waals surface area contributed by atoms with Crippen molar-refractivity contribution in [2.45, 2.75) is 26.8 Å². The molecule has 3 N–H and O–H groups in total. The van der Waals surface area contributed by atoms with Gasteiger partial charge in [0, 0.05) is 5.56 Å². The fraction of sp³-hybridized carbons (Fsp3) is 0.250. The van der Waals surface area contributed by atoms with Gasteiger partial charge < -0.3 is 20.1 Å². The van der Waals surface area contributed by atoms with Gasteiger partial charge in [-0.2, -0.15) is 5.26 Å². The van der Waals surface area contributed by atoms with E-state index in [4.69, 9.17) is 4.74 Å². The maximum absolute atomic E-state index is 12.6. The molecule has 0 fully saturated rings. The van der Waals surface area contributed by atoms with Gasteiger partial charge in [0.15, 0.2) is 11.6 Å². The summed E-state index contributed by atoms with van der Waals surface area (Å²) in [6, 6.07) is 15.1. The minimum atomic E-state index is -0.923. The van der Waals surface area contributed by atoms with Crippen molar-refractivity contribution < 1.29 is 19.4 Å². The Kier molecular flexibility index (Phi) is 6.90. The summed E-state index contributed by atoms with van der Waals surface area (Å²) in [7, 11) is 0. The lowest BCUT2D eigenvalue weighted by Gasteiger charge is -2.21. The Morgan fingerprint density at radius 1 is 1.19 bits per heavy atom. The van der Waals surface area contributed by atoms with Gasteiger partial charge in [0.2, 0.25) is 0 Å². The van der Waals surface area contributed by atoms with Crippen molar-refractivity contribution in [1.29, 1.82) is 5.26 Å². The molecule has 0 aliphatic carbocycles. The Bertz CT molecular complexity index is 1170. The quantitative estimate of drug-likeness (QED) is 0.297. The highest BCUT2D eigenvalue weighted by molar-refractivity contribution is 5.97. The fourth-order valence-electron chi connectivity index (χ4n) is 3.05. The molecule has 0 radical (unpaired) electrons. The first kappa shape index (κ1) is 22.6. The minimum absolute atomic E-state index is 0.126. The highest BCUT2D eigenvalue weighted by Crippen LogP contribution is 2.19. The van der Waals surface area contributed by atoms with Gasteiger partial charge in [0.25, 0.3) is 5.91 Å². The lowest BCUT2D eigenvalue weighted by Crippen LogP contribution is -2.45. The summed E-state index contributed by atoms with van der Waals surface area (Å²) >= 11 is 0. The van der Waals surface area contributed by atoms with E-state index in [1.165, 1.54) is 0 Å². The molecule has 0 spiro atoms. The third kappa shape index (κ3) is 5.13. The average molecular weight is 432 g/mol. The van der Waals surface area contributed by atoms with Crippen LogP contribution in [0.1, 0.15) is 35.6 Å². The lowest BCUT2D eigenvalue weighted by molar-refractivity contribution is -0.146. The zero-order valence-electron chi connectivity index (χ0n) is 18.0. The molecule has 0 bridgehead atoms. The van der Waals surface area contributed by atoms with Crippen molar-refractivity contribution in [3.8, 4) is 6.07 Å². The van der Waals surface area contributed by atoms with Gasteiger partial charge in [-0.15, -0.1) is 0 Å². The molecular formula is C24H24N4O4. The number of fused-ring (bicyclic) bond motifs is 1. The van der Waals surface area contributed by atoms with Crippen molar-refractivity contribution in [1.82, 2.24) is 15.3 Å². The second-order valence-corrected chi connectivity index (χ2v) is 7.70. The highest BCUT2D eigenvalue weighted by atomic mass is 16.5. The number of hydrogen-bond acceptors (Lipinski definition) is 6. The van der Waals surface area contributed by atoms with Crippen LogP contribution in [0.2, 0.25) is 0 Å². The topological polar surface area (TPSA) is 128 Å². The number of aryl methyl sites for hydroxylation is 1. The Labute approximate surface area is 185 Å². The van der Waals surface area contributed by atoms with E-state index in [0.717, 1.165) is 5.56 Å². The summed E-state index contributed by atoms with van der Waals surface area (Å²) < 4.78 is 5.21. The van der Waals surface area contributed by atoms with Gasteiger partial charge in [-0.05, 0) is 37.1 Å². The third-order valence-corrected chi connectivity index (χ3v) is 4.90. The predicted molar refractivity (Wildman–Crippen MR) is 119 cm³/mol. The van der Waals surface area contributed by atoms with Gasteiger partial charge in [-0.1, -0.05) is 43.7 Å². The van der Waals surface area contributed by atoms with Crippen LogP contribution in [0, 0.1) is 24.2 Å². The summed E-state index contributed by atoms with van der Waals surface area (Å²) in [5, 5.41) is 22.5. The second-order valence-electron chi connectivity index (χ2n) is 7.70. The van der Waals surface area contributed by atoms with E-state index in [1.54, 1.807) is 44.2 Å². The summed E-state index contributed by atoms with van der Waals surface area (Å²) in [4.78, 5) is 32.4. The number of benzene rings is 2. The number of imidazole rings is 1. The van der Waals surface area contributed by atoms with Gasteiger partial charge in [-0.25, -0.2) is 9.78 Å². The van der Waals surface area contributed by atoms with Crippen molar-refractivity contribution >= 4 is 28.5 Å². The Balaban J connectivity index is 1.71. The van der Waals surface area contributed by atoms with Crippen molar-refractivity contribution in [3.63, 3.8) is 0 Å². The van der Waals surface area contributed by atoms with Crippen molar-refractivity contribution in [3.05, 3.63) is 71.2 Å². The number of aliphatic hydroxyl groups is 1. The molecule has 0 aliphatic rings. The number of esters is 1. The van der Waals surface area contributed by atoms with E-state index in [2.05, 4.69) is 15.3 Å². The first-order valence-corrected chi connectivity index (χ1v) is 10.1. The van der Waals surface area contributed by atoms with E-state index < -0.39 is 30.3 Å². The number of aromatic amines is 1. The Hall–Kier alpha value is -4.12. The van der Waals surface area contributed by atoms with Gasteiger partial charge >= 0.3 is 5.97 Å². The van der Waals surface area contributed by atoms with Crippen LogP contribution in [-0.4, -0.2) is 39.6 Å². The van der Waals surface area contributed by atoms with Crippen LogP contribution in [0.25, 0.3) is 16.6 Å². The summed E-state index contributed by atoms with van der Waals surface area (Å²) in [6.07, 6.45) is 0. The smallest absolute Gasteiger partial charge is 0.329 e. The Morgan fingerprint density at radius 3 is 2.50 bits per heavy atom. The van der Waals surface area contributed by atoms with E-state index in [9.17, 15) is 20.0 Å². The van der Waals surface area contributed by atoms with Crippen molar-refractivity contribution in [2.75, 3.05) is 6.61 Å². The molecule has 32 heavy (non-hydrogen) atoms. The van der Waals surface area contributed by atoms with E-state index >= 15 is 0 Å². The summed E-state index contributed by atoms with van der Waals surface area (Å²) in [5.74, 6) is -1.63. The zero-order valence-corrected chi connectivity index (χ0v) is 18.0. The molecule has 1 aromatic heterocycles. The van der Waals surface area contributed by atoms with Gasteiger partial charge in [-0.3, -0.25) is 4.79 Å². The highest BCUT2D eigenvalue weighted by Gasteiger charge is 2.27. The van der Waals surface area contributed by atoms with E-state index in [1.807, 2.05) is 31.2 Å². The molecule has 164 valence electrons. The molecule has 8 nitrogen and oxygen atoms in total. The molecule has 8 heteroatoms. The second kappa shape index (κ2) is 9.79. The fourth-order valence-corrected chi connectivity index (χ4v) is 3.05.